The predicted molar refractivity (Wildman–Crippen MR) is 60.5 cm³/mol. The number of aromatic nitrogens is 1. The number of hydrogen-bond donors (Lipinski definition) is 2. The Bertz CT molecular complexity index is 443. The molecule has 0 fully saturated rings. The lowest BCUT2D eigenvalue weighted by Gasteiger charge is -2.11. The molecule has 0 saturated carbocycles. The summed E-state index contributed by atoms with van der Waals surface area (Å²) in [4.78, 5) is 5.36. The zero-order valence-corrected chi connectivity index (χ0v) is 8.54. The monoisotopic (exact) mass is 189 g/mol. The highest BCUT2D eigenvalue weighted by molar-refractivity contribution is 5.84. The Kier molecular flexibility index (Phi) is 2.17. The minimum atomic E-state index is 0.561. The van der Waals surface area contributed by atoms with E-state index in [1.807, 2.05) is 14.1 Å². The Labute approximate surface area is 83.5 Å². The van der Waals surface area contributed by atoms with Crippen LogP contribution in [0.3, 0.4) is 0 Å². The van der Waals surface area contributed by atoms with Crippen molar-refractivity contribution in [3.8, 4) is 0 Å². The van der Waals surface area contributed by atoms with Gasteiger partial charge in [0.2, 0.25) is 0 Å². The van der Waals surface area contributed by atoms with Crippen molar-refractivity contribution < 1.29 is 0 Å². The predicted octanol–water partition coefficient (Wildman–Crippen LogP) is 1.69. The molecule has 0 aliphatic carbocycles. The van der Waals surface area contributed by atoms with Crippen LogP contribution in [0, 0.1) is 0 Å². The molecule has 3 N–H and O–H groups in total. The third-order valence-electron chi connectivity index (χ3n) is 2.40. The van der Waals surface area contributed by atoms with E-state index in [1.165, 1.54) is 11.1 Å². The maximum absolute atomic E-state index is 5.57. The highest BCUT2D eigenvalue weighted by atomic mass is 15.1. The van der Waals surface area contributed by atoms with E-state index in [0.29, 0.717) is 6.54 Å². The number of hydrogen-bond acceptors (Lipinski definition) is 2. The third kappa shape index (κ3) is 1.46. The average molecular weight is 189 g/mol. The van der Waals surface area contributed by atoms with Crippen LogP contribution in [0.1, 0.15) is 5.69 Å². The summed E-state index contributed by atoms with van der Waals surface area (Å²) < 4.78 is 0. The SMILES string of the molecule is CN(C)c1ccc2[nH]c(CN)cc2c1. The molecular formula is C11H15N3. The molecular weight excluding hydrogens is 174 g/mol. The average Bonchev–Trinajstić information content (AvgIpc) is 2.58. The van der Waals surface area contributed by atoms with Crippen LogP contribution < -0.4 is 10.6 Å². The van der Waals surface area contributed by atoms with Gasteiger partial charge in [-0.1, -0.05) is 0 Å². The highest BCUT2D eigenvalue weighted by Crippen LogP contribution is 2.21. The second-order valence-electron chi connectivity index (χ2n) is 3.66. The fourth-order valence-corrected chi connectivity index (χ4v) is 1.57. The summed E-state index contributed by atoms with van der Waals surface area (Å²) >= 11 is 0. The first-order valence-electron chi connectivity index (χ1n) is 4.70. The van der Waals surface area contributed by atoms with E-state index >= 15 is 0 Å². The molecule has 0 amide bonds. The van der Waals surface area contributed by atoms with Gasteiger partial charge in [0, 0.05) is 42.9 Å². The molecule has 1 aromatic heterocycles. The molecule has 1 aromatic carbocycles. The second kappa shape index (κ2) is 3.35. The first-order chi connectivity index (χ1) is 6.70. The van der Waals surface area contributed by atoms with Gasteiger partial charge in [0.05, 0.1) is 0 Å². The van der Waals surface area contributed by atoms with Gasteiger partial charge in [0.25, 0.3) is 0 Å². The van der Waals surface area contributed by atoms with Gasteiger partial charge < -0.3 is 15.6 Å². The molecule has 14 heavy (non-hydrogen) atoms. The molecule has 3 nitrogen and oxygen atoms in total. The largest absolute Gasteiger partial charge is 0.378 e. The van der Waals surface area contributed by atoms with Gasteiger partial charge in [-0.3, -0.25) is 0 Å². The Balaban J connectivity index is 2.54. The molecule has 3 heteroatoms. The van der Waals surface area contributed by atoms with Crippen LogP contribution in [0.5, 0.6) is 0 Å². The van der Waals surface area contributed by atoms with Crippen molar-refractivity contribution in [2.45, 2.75) is 6.54 Å². The molecule has 0 unspecified atom stereocenters. The van der Waals surface area contributed by atoms with E-state index in [9.17, 15) is 0 Å². The Hall–Kier alpha value is -1.48. The quantitative estimate of drug-likeness (QED) is 0.755. The maximum Gasteiger partial charge on any atom is 0.0457 e. The smallest absolute Gasteiger partial charge is 0.0457 e. The topological polar surface area (TPSA) is 45.0 Å². The van der Waals surface area contributed by atoms with Crippen molar-refractivity contribution in [3.63, 3.8) is 0 Å². The molecule has 1 heterocycles. The first kappa shape index (κ1) is 9.09. The molecule has 0 saturated heterocycles. The van der Waals surface area contributed by atoms with Crippen LogP contribution in [0.25, 0.3) is 10.9 Å². The van der Waals surface area contributed by atoms with E-state index in [4.69, 9.17) is 5.73 Å². The number of nitrogens with one attached hydrogen (secondary N) is 1. The summed E-state index contributed by atoms with van der Waals surface area (Å²) in [6.45, 7) is 0.561. The van der Waals surface area contributed by atoms with Gasteiger partial charge in [-0.05, 0) is 24.3 Å². The van der Waals surface area contributed by atoms with Crippen LogP contribution in [-0.4, -0.2) is 19.1 Å². The highest BCUT2D eigenvalue weighted by Gasteiger charge is 2.01. The lowest BCUT2D eigenvalue weighted by Crippen LogP contribution is -2.07. The van der Waals surface area contributed by atoms with Crippen LogP contribution >= 0.6 is 0 Å². The van der Waals surface area contributed by atoms with Crippen molar-refractivity contribution in [1.29, 1.82) is 0 Å². The number of nitrogens with two attached hydrogens (primary N) is 1. The fourth-order valence-electron chi connectivity index (χ4n) is 1.57. The molecule has 74 valence electrons. The molecule has 2 aromatic rings. The third-order valence-corrected chi connectivity index (χ3v) is 2.40. The number of fused-ring (bicyclic) bond motifs is 1. The zero-order valence-electron chi connectivity index (χ0n) is 8.54. The summed E-state index contributed by atoms with van der Waals surface area (Å²) in [5.41, 5.74) is 9.01. The van der Waals surface area contributed by atoms with Crippen molar-refractivity contribution in [3.05, 3.63) is 30.0 Å². The zero-order chi connectivity index (χ0) is 10.1. The number of H-pyrrole nitrogens is 1. The number of benzene rings is 1. The Morgan fingerprint density at radius 1 is 1.29 bits per heavy atom. The molecule has 0 aliphatic rings. The van der Waals surface area contributed by atoms with Gasteiger partial charge in [0.1, 0.15) is 0 Å². The van der Waals surface area contributed by atoms with Crippen molar-refractivity contribution in [2.75, 3.05) is 19.0 Å². The van der Waals surface area contributed by atoms with Crippen LogP contribution in [-0.2, 0) is 6.54 Å². The standard InChI is InChI=1S/C11H15N3/c1-14(2)10-3-4-11-8(6-10)5-9(7-12)13-11/h3-6,13H,7,12H2,1-2H3. The number of anilines is 1. The lowest BCUT2D eigenvalue weighted by molar-refractivity contribution is 1.02. The minimum absolute atomic E-state index is 0.561. The van der Waals surface area contributed by atoms with Crippen molar-refractivity contribution >= 4 is 16.6 Å². The fraction of sp³-hybridized carbons (Fsp3) is 0.273. The Morgan fingerprint density at radius 3 is 2.71 bits per heavy atom. The Morgan fingerprint density at radius 2 is 2.07 bits per heavy atom. The van der Waals surface area contributed by atoms with E-state index in [1.54, 1.807) is 0 Å². The molecule has 0 radical (unpaired) electrons. The van der Waals surface area contributed by atoms with Crippen LogP contribution in [0.4, 0.5) is 5.69 Å². The summed E-state index contributed by atoms with van der Waals surface area (Å²) in [7, 11) is 4.08. The van der Waals surface area contributed by atoms with Gasteiger partial charge in [-0.25, -0.2) is 0 Å². The summed E-state index contributed by atoms with van der Waals surface area (Å²) in [6.07, 6.45) is 0. The van der Waals surface area contributed by atoms with Gasteiger partial charge in [-0.2, -0.15) is 0 Å². The van der Waals surface area contributed by atoms with Crippen molar-refractivity contribution in [1.82, 2.24) is 4.98 Å². The second-order valence-corrected chi connectivity index (χ2v) is 3.66. The van der Waals surface area contributed by atoms with Gasteiger partial charge >= 0.3 is 0 Å². The van der Waals surface area contributed by atoms with Crippen LogP contribution in [0.15, 0.2) is 24.3 Å². The number of nitrogens with zero attached hydrogens (tertiary/aromatic N) is 1. The number of aromatic amines is 1. The normalized spacial score (nSPS) is 10.8. The van der Waals surface area contributed by atoms with E-state index in [-0.39, 0.29) is 0 Å². The minimum Gasteiger partial charge on any atom is -0.378 e. The summed E-state index contributed by atoms with van der Waals surface area (Å²) in [5, 5.41) is 1.22. The molecule has 0 atom stereocenters. The first-order valence-corrected chi connectivity index (χ1v) is 4.70. The number of rotatable bonds is 2. The van der Waals surface area contributed by atoms with Gasteiger partial charge in [0.15, 0.2) is 0 Å². The van der Waals surface area contributed by atoms with E-state index in [0.717, 1.165) is 11.2 Å². The maximum atomic E-state index is 5.57. The summed E-state index contributed by atoms with van der Waals surface area (Å²) in [5.74, 6) is 0. The van der Waals surface area contributed by atoms with E-state index < -0.39 is 0 Å². The molecule has 0 spiro atoms. The molecule has 0 bridgehead atoms. The molecule has 0 aliphatic heterocycles. The molecule has 2 rings (SSSR count). The van der Waals surface area contributed by atoms with Crippen LogP contribution in [0.2, 0.25) is 0 Å². The van der Waals surface area contributed by atoms with Crippen molar-refractivity contribution in [2.24, 2.45) is 5.73 Å². The summed E-state index contributed by atoms with van der Waals surface area (Å²) in [6, 6.07) is 8.44. The van der Waals surface area contributed by atoms with Gasteiger partial charge in [-0.15, -0.1) is 0 Å². The van der Waals surface area contributed by atoms with E-state index in [2.05, 4.69) is 34.1 Å². The lowest BCUT2D eigenvalue weighted by atomic mass is 10.2.